The summed E-state index contributed by atoms with van der Waals surface area (Å²) in [5, 5.41) is 11.8. The van der Waals surface area contributed by atoms with Crippen LogP contribution in [0.15, 0.2) is 40.9 Å². The molecule has 0 amide bonds. The van der Waals surface area contributed by atoms with Crippen LogP contribution in [0.2, 0.25) is 0 Å². The van der Waals surface area contributed by atoms with Crippen molar-refractivity contribution < 1.29 is 37.3 Å². The molecule has 3 fully saturated rings. The first-order chi connectivity index (χ1) is 24.1. The SMILES string of the molecule is Cc1nc(C)c(C#Cc2cnc(O[C@H]3C[C@@H](C(=O)O)N(c4nc(C(F)F)nc5c4oc4ccccc45)C3)c(N3CCOC4(COC4)[C@@H]3C)c2)s1. The molecule has 1 aromatic carbocycles. The van der Waals surface area contributed by atoms with Crippen LogP contribution in [0, 0.1) is 25.7 Å². The fourth-order valence-electron chi connectivity index (χ4n) is 6.88. The van der Waals surface area contributed by atoms with Crippen molar-refractivity contribution in [1.29, 1.82) is 0 Å². The van der Waals surface area contributed by atoms with E-state index in [2.05, 4.69) is 38.6 Å². The van der Waals surface area contributed by atoms with E-state index in [-0.39, 0.29) is 35.9 Å². The third-order valence-electron chi connectivity index (χ3n) is 9.52. The minimum atomic E-state index is -2.98. The molecular weight excluding hydrogens is 670 g/mol. The molecule has 0 radical (unpaired) electrons. The number of aliphatic carboxylic acids is 1. The summed E-state index contributed by atoms with van der Waals surface area (Å²) in [7, 11) is 0. The molecular formula is C35H32F2N6O6S. The number of nitrogens with zero attached hydrogens (tertiary/aromatic N) is 6. The first-order valence-corrected chi connectivity index (χ1v) is 17.0. The molecule has 0 unspecified atom stereocenters. The van der Waals surface area contributed by atoms with E-state index < -0.39 is 36.0 Å². The predicted octanol–water partition coefficient (Wildman–Crippen LogP) is 5.29. The minimum absolute atomic E-state index is 0.0198. The van der Waals surface area contributed by atoms with Crippen molar-refractivity contribution in [3.8, 4) is 17.7 Å². The zero-order valence-corrected chi connectivity index (χ0v) is 28.2. The number of ether oxygens (including phenoxy) is 3. The number of aryl methyl sites for hydroxylation is 2. The Morgan fingerprint density at radius 3 is 2.70 bits per heavy atom. The average molecular weight is 703 g/mol. The van der Waals surface area contributed by atoms with Crippen molar-refractivity contribution >= 4 is 50.9 Å². The summed E-state index contributed by atoms with van der Waals surface area (Å²) < 4.78 is 52.4. The molecule has 258 valence electrons. The van der Waals surface area contributed by atoms with E-state index in [1.165, 1.54) is 16.2 Å². The predicted molar refractivity (Wildman–Crippen MR) is 180 cm³/mol. The quantitative estimate of drug-likeness (QED) is 0.231. The number of carboxylic acids is 1. The van der Waals surface area contributed by atoms with Gasteiger partial charge in [0.25, 0.3) is 6.43 Å². The number of carboxylic acid groups (broad SMARTS) is 1. The van der Waals surface area contributed by atoms with Gasteiger partial charge in [-0.3, -0.25) is 0 Å². The van der Waals surface area contributed by atoms with Gasteiger partial charge in [0.05, 0.1) is 43.1 Å². The number of carbonyl (C=O) groups is 1. The number of fused-ring (bicyclic) bond motifs is 3. The number of thiazole rings is 1. The van der Waals surface area contributed by atoms with Crippen LogP contribution in [0.1, 0.15) is 46.7 Å². The molecule has 1 spiro atoms. The lowest BCUT2D eigenvalue weighted by Gasteiger charge is -2.53. The third kappa shape index (κ3) is 5.57. The van der Waals surface area contributed by atoms with Crippen LogP contribution >= 0.6 is 11.3 Å². The lowest BCUT2D eigenvalue weighted by Crippen LogP contribution is -2.68. The molecule has 7 heterocycles. The van der Waals surface area contributed by atoms with Gasteiger partial charge in [-0.05, 0) is 44.9 Å². The highest BCUT2D eigenvalue weighted by atomic mass is 32.1. The van der Waals surface area contributed by atoms with Crippen LogP contribution in [0.5, 0.6) is 5.88 Å². The number of furan rings is 1. The summed E-state index contributed by atoms with van der Waals surface area (Å²) in [4.78, 5) is 34.5. The molecule has 3 aliphatic rings. The Kier molecular flexibility index (Phi) is 8.04. The van der Waals surface area contributed by atoms with Gasteiger partial charge in [-0.25, -0.2) is 33.5 Å². The number of hydrogen-bond donors (Lipinski definition) is 1. The smallest absolute Gasteiger partial charge is 0.326 e. The van der Waals surface area contributed by atoms with E-state index in [1.807, 2.05) is 19.9 Å². The summed E-state index contributed by atoms with van der Waals surface area (Å²) in [6, 6.07) is 7.60. The van der Waals surface area contributed by atoms with Crippen molar-refractivity contribution in [2.24, 2.45) is 0 Å². The number of benzene rings is 1. The van der Waals surface area contributed by atoms with Gasteiger partial charge in [0.2, 0.25) is 5.88 Å². The third-order valence-corrected chi connectivity index (χ3v) is 10.5. The Labute approximate surface area is 289 Å². The number of pyridine rings is 1. The summed E-state index contributed by atoms with van der Waals surface area (Å²) in [6.07, 6.45) is -2.01. The summed E-state index contributed by atoms with van der Waals surface area (Å²) in [6.45, 7) is 7.90. The Hall–Kier alpha value is -4.91. The maximum absolute atomic E-state index is 14.1. The molecule has 50 heavy (non-hydrogen) atoms. The number of morpholine rings is 1. The number of rotatable bonds is 6. The fourth-order valence-corrected chi connectivity index (χ4v) is 7.65. The van der Waals surface area contributed by atoms with Crippen molar-refractivity contribution in [1.82, 2.24) is 19.9 Å². The highest BCUT2D eigenvalue weighted by Gasteiger charge is 2.50. The average Bonchev–Trinajstić information content (AvgIpc) is 3.77. The van der Waals surface area contributed by atoms with E-state index >= 15 is 0 Å². The number of para-hydroxylation sites is 1. The van der Waals surface area contributed by atoms with E-state index in [1.54, 1.807) is 30.5 Å². The zero-order chi connectivity index (χ0) is 34.7. The van der Waals surface area contributed by atoms with Crippen LogP contribution in [-0.4, -0.2) is 87.7 Å². The maximum Gasteiger partial charge on any atom is 0.326 e. The normalized spacial score (nSPS) is 21.5. The second kappa shape index (κ2) is 12.4. The number of anilines is 2. The molecule has 0 aliphatic carbocycles. The first-order valence-electron chi connectivity index (χ1n) is 16.2. The topological polar surface area (TPSA) is 136 Å². The molecule has 0 saturated carbocycles. The van der Waals surface area contributed by atoms with Gasteiger partial charge in [0.15, 0.2) is 17.2 Å². The van der Waals surface area contributed by atoms with Crippen LogP contribution in [-0.2, 0) is 14.3 Å². The van der Waals surface area contributed by atoms with Gasteiger partial charge in [0.1, 0.15) is 39.4 Å². The molecule has 4 aromatic heterocycles. The molecule has 3 saturated heterocycles. The highest BCUT2D eigenvalue weighted by Crippen LogP contribution is 2.41. The van der Waals surface area contributed by atoms with Gasteiger partial charge in [0, 0.05) is 30.1 Å². The second-order valence-electron chi connectivity index (χ2n) is 12.7. The first kappa shape index (κ1) is 32.3. The van der Waals surface area contributed by atoms with Gasteiger partial charge in [-0.2, -0.15) is 0 Å². The van der Waals surface area contributed by atoms with Gasteiger partial charge in [-0.1, -0.05) is 18.1 Å². The van der Waals surface area contributed by atoms with E-state index in [9.17, 15) is 18.7 Å². The Morgan fingerprint density at radius 2 is 1.98 bits per heavy atom. The Bertz CT molecular complexity index is 2190. The standard InChI is InChI=1S/C35H32F2N6O6S/c1-18-27(50-20(3)39-18)9-8-21-12-24(42-10-11-47-35(19(42)2)16-46-17-35)33(38-14-21)48-22-13-25(34(44)45)43(15-22)32-29-28(40-31(41-32)30(36)37)23-6-4-5-7-26(23)49-29/h4-7,12,14,19,22,25,30H,10-11,13,15-17H2,1-3H3,(H,44,45)/t19-,22-,25-/m0/s1. The molecule has 12 nitrogen and oxygen atoms in total. The van der Waals surface area contributed by atoms with Gasteiger partial charge >= 0.3 is 5.97 Å². The Morgan fingerprint density at radius 1 is 1.16 bits per heavy atom. The molecule has 8 rings (SSSR count). The van der Waals surface area contributed by atoms with Crippen molar-refractivity contribution in [3.05, 3.63) is 63.5 Å². The van der Waals surface area contributed by atoms with Crippen LogP contribution in [0.4, 0.5) is 20.3 Å². The maximum atomic E-state index is 14.1. The molecule has 5 aromatic rings. The molecule has 3 aliphatic heterocycles. The summed E-state index contributed by atoms with van der Waals surface area (Å²) >= 11 is 1.53. The minimum Gasteiger partial charge on any atom is -0.480 e. The number of aromatic nitrogens is 4. The molecule has 0 bridgehead atoms. The van der Waals surface area contributed by atoms with E-state index in [0.717, 1.165) is 15.6 Å². The van der Waals surface area contributed by atoms with Crippen molar-refractivity contribution in [2.75, 3.05) is 42.7 Å². The van der Waals surface area contributed by atoms with Crippen LogP contribution in [0.3, 0.4) is 0 Å². The highest BCUT2D eigenvalue weighted by molar-refractivity contribution is 7.12. The number of hydrogen-bond acceptors (Lipinski definition) is 12. The lowest BCUT2D eigenvalue weighted by atomic mass is 9.90. The fraction of sp³-hybridized carbons (Fsp3) is 0.400. The van der Waals surface area contributed by atoms with Gasteiger partial charge < -0.3 is 33.5 Å². The molecule has 1 N–H and O–H groups in total. The van der Waals surface area contributed by atoms with E-state index in [4.69, 9.17) is 23.6 Å². The monoisotopic (exact) mass is 702 g/mol. The van der Waals surface area contributed by atoms with E-state index in [0.29, 0.717) is 54.5 Å². The Balaban J connectivity index is 1.16. The second-order valence-corrected chi connectivity index (χ2v) is 13.9. The largest absolute Gasteiger partial charge is 0.480 e. The molecule has 15 heteroatoms. The van der Waals surface area contributed by atoms with Crippen LogP contribution in [0.25, 0.3) is 22.1 Å². The number of halogens is 2. The summed E-state index contributed by atoms with van der Waals surface area (Å²) in [5.41, 5.74) is 2.49. The van der Waals surface area contributed by atoms with Crippen LogP contribution < -0.4 is 14.5 Å². The van der Waals surface area contributed by atoms with Gasteiger partial charge in [-0.15, -0.1) is 11.3 Å². The lowest BCUT2D eigenvalue weighted by molar-refractivity contribution is -0.228. The van der Waals surface area contributed by atoms with Crippen molar-refractivity contribution in [2.45, 2.75) is 57.4 Å². The number of alkyl halides is 2. The summed E-state index contributed by atoms with van der Waals surface area (Å²) in [5.74, 6) is 4.84. The molecule has 3 atom stereocenters. The van der Waals surface area contributed by atoms with Crippen molar-refractivity contribution in [3.63, 3.8) is 0 Å². The zero-order valence-electron chi connectivity index (χ0n) is 27.4.